The van der Waals surface area contributed by atoms with Crippen LogP contribution in [-0.4, -0.2) is 47.1 Å². The van der Waals surface area contributed by atoms with Gasteiger partial charge in [-0.2, -0.15) is 0 Å². The Morgan fingerprint density at radius 1 is 1.18 bits per heavy atom. The van der Waals surface area contributed by atoms with Crippen molar-refractivity contribution >= 4 is 17.4 Å². The molecule has 2 aliphatic heterocycles. The molecule has 2 fully saturated rings. The van der Waals surface area contributed by atoms with Crippen molar-refractivity contribution in [2.45, 2.75) is 25.3 Å². The van der Waals surface area contributed by atoms with E-state index < -0.39 is 0 Å². The summed E-state index contributed by atoms with van der Waals surface area (Å²) in [7, 11) is 0. The summed E-state index contributed by atoms with van der Waals surface area (Å²) >= 11 is 5.88. The van der Waals surface area contributed by atoms with Crippen LogP contribution in [-0.2, 0) is 0 Å². The van der Waals surface area contributed by atoms with Crippen LogP contribution < -0.4 is 4.90 Å². The molecule has 0 radical (unpaired) electrons. The fourth-order valence-electron chi connectivity index (χ4n) is 2.84. The number of hydrogen-bond acceptors (Lipinski definition) is 4. The van der Waals surface area contributed by atoms with Gasteiger partial charge in [-0.25, -0.2) is 4.98 Å². The van der Waals surface area contributed by atoms with Crippen molar-refractivity contribution in [3.05, 3.63) is 17.5 Å². The monoisotopic (exact) mass is 252 g/mol. The van der Waals surface area contributed by atoms with E-state index in [9.17, 15) is 0 Å². The highest BCUT2D eigenvalue weighted by Crippen LogP contribution is 2.24. The van der Waals surface area contributed by atoms with Gasteiger partial charge in [-0.1, -0.05) is 11.6 Å². The summed E-state index contributed by atoms with van der Waals surface area (Å²) in [6.07, 6.45) is 7.33. The molecular weight excluding hydrogens is 236 g/mol. The number of anilines is 1. The minimum absolute atomic E-state index is 0.479. The number of nitrogens with zero attached hydrogens (tertiary/aromatic N) is 4. The second-order valence-electron chi connectivity index (χ2n) is 4.83. The number of hydrogen-bond donors (Lipinski definition) is 0. The van der Waals surface area contributed by atoms with Crippen LogP contribution in [0, 0.1) is 0 Å². The van der Waals surface area contributed by atoms with Gasteiger partial charge in [0.05, 0.1) is 12.4 Å². The highest BCUT2D eigenvalue weighted by molar-refractivity contribution is 6.29. The Labute approximate surface area is 107 Å². The normalized spacial score (nSPS) is 25.7. The zero-order valence-electron chi connectivity index (χ0n) is 9.85. The molecule has 0 aromatic carbocycles. The molecule has 1 aromatic rings. The standard InChI is InChI=1S/C12H17ClN4/c13-11-7-14-8-12(15-11)17-6-3-10(9-17)16-4-1-2-5-16/h7-8,10H,1-6,9H2/t10-/m1/s1. The molecule has 1 aromatic heterocycles. The van der Waals surface area contributed by atoms with Gasteiger partial charge >= 0.3 is 0 Å². The van der Waals surface area contributed by atoms with Gasteiger partial charge in [0.1, 0.15) is 11.0 Å². The Bertz CT molecular complexity index is 392. The van der Waals surface area contributed by atoms with Crippen molar-refractivity contribution < 1.29 is 0 Å². The van der Waals surface area contributed by atoms with Gasteiger partial charge in [0.2, 0.25) is 0 Å². The van der Waals surface area contributed by atoms with Crippen LogP contribution >= 0.6 is 11.6 Å². The predicted molar refractivity (Wildman–Crippen MR) is 68.5 cm³/mol. The molecule has 5 heteroatoms. The first kappa shape index (κ1) is 11.2. The number of aromatic nitrogens is 2. The molecule has 0 aliphatic carbocycles. The molecule has 0 amide bonds. The van der Waals surface area contributed by atoms with Crippen molar-refractivity contribution in [3.8, 4) is 0 Å². The van der Waals surface area contributed by atoms with Crippen LogP contribution in [0.5, 0.6) is 0 Å². The molecule has 17 heavy (non-hydrogen) atoms. The SMILES string of the molecule is Clc1cncc(N2CC[C@@H](N3CCCC3)C2)n1. The first-order chi connectivity index (χ1) is 8.33. The molecule has 0 saturated carbocycles. The second kappa shape index (κ2) is 4.78. The second-order valence-corrected chi connectivity index (χ2v) is 5.22. The van der Waals surface area contributed by atoms with Gasteiger partial charge in [-0.05, 0) is 32.4 Å². The molecule has 92 valence electrons. The van der Waals surface area contributed by atoms with E-state index >= 15 is 0 Å². The summed E-state index contributed by atoms with van der Waals surface area (Å²) in [6.45, 7) is 4.66. The number of likely N-dealkylation sites (tertiary alicyclic amines) is 1. The first-order valence-corrected chi connectivity index (χ1v) is 6.67. The van der Waals surface area contributed by atoms with Crippen molar-refractivity contribution in [3.63, 3.8) is 0 Å². The Hall–Kier alpha value is -0.870. The van der Waals surface area contributed by atoms with Crippen LogP contribution in [0.2, 0.25) is 5.15 Å². The molecule has 1 atom stereocenters. The van der Waals surface area contributed by atoms with Gasteiger partial charge in [0.15, 0.2) is 0 Å². The third kappa shape index (κ3) is 2.38. The minimum atomic E-state index is 0.479. The smallest absolute Gasteiger partial charge is 0.149 e. The lowest BCUT2D eigenvalue weighted by atomic mass is 10.2. The zero-order chi connectivity index (χ0) is 11.7. The molecule has 2 aliphatic rings. The van der Waals surface area contributed by atoms with E-state index in [1.54, 1.807) is 12.4 Å². The van der Waals surface area contributed by atoms with E-state index in [-0.39, 0.29) is 0 Å². The Kier molecular flexibility index (Phi) is 3.16. The molecule has 0 N–H and O–H groups in total. The number of rotatable bonds is 2. The fraction of sp³-hybridized carbons (Fsp3) is 0.667. The average molecular weight is 253 g/mol. The van der Waals surface area contributed by atoms with Crippen molar-refractivity contribution in [2.24, 2.45) is 0 Å². The lowest BCUT2D eigenvalue weighted by molar-refractivity contribution is 0.260. The van der Waals surface area contributed by atoms with Crippen LogP contribution in [0.25, 0.3) is 0 Å². The average Bonchev–Trinajstić information content (AvgIpc) is 3.00. The summed E-state index contributed by atoms with van der Waals surface area (Å²) in [5.41, 5.74) is 0. The van der Waals surface area contributed by atoms with Crippen LogP contribution in [0.1, 0.15) is 19.3 Å². The first-order valence-electron chi connectivity index (χ1n) is 6.29. The van der Waals surface area contributed by atoms with Gasteiger partial charge in [0, 0.05) is 19.1 Å². The highest BCUT2D eigenvalue weighted by Gasteiger charge is 2.29. The van der Waals surface area contributed by atoms with E-state index in [1.807, 2.05) is 0 Å². The van der Waals surface area contributed by atoms with E-state index in [0.717, 1.165) is 18.9 Å². The van der Waals surface area contributed by atoms with Crippen molar-refractivity contribution in [1.82, 2.24) is 14.9 Å². The summed E-state index contributed by atoms with van der Waals surface area (Å²) in [4.78, 5) is 13.3. The minimum Gasteiger partial charge on any atom is -0.354 e. The molecule has 3 heterocycles. The molecular formula is C12H17ClN4. The Morgan fingerprint density at radius 3 is 2.76 bits per heavy atom. The topological polar surface area (TPSA) is 32.3 Å². The highest BCUT2D eigenvalue weighted by atomic mass is 35.5. The summed E-state index contributed by atoms with van der Waals surface area (Å²) in [5, 5.41) is 0.479. The zero-order valence-corrected chi connectivity index (χ0v) is 10.6. The van der Waals surface area contributed by atoms with Crippen LogP contribution in [0.3, 0.4) is 0 Å². The largest absolute Gasteiger partial charge is 0.354 e. The van der Waals surface area contributed by atoms with E-state index in [4.69, 9.17) is 11.6 Å². The fourth-order valence-corrected chi connectivity index (χ4v) is 2.98. The third-order valence-electron chi connectivity index (χ3n) is 3.74. The molecule has 2 saturated heterocycles. The lowest BCUT2D eigenvalue weighted by Gasteiger charge is -2.23. The maximum atomic E-state index is 5.88. The van der Waals surface area contributed by atoms with E-state index in [0.29, 0.717) is 11.2 Å². The van der Waals surface area contributed by atoms with Crippen molar-refractivity contribution in [1.29, 1.82) is 0 Å². The van der Waals surface area contributed by atoms with Gasteiger partial charge < -0.3 is 4.90 Å². The number of halogens is 1. The quantitative estimate of drug-likeness (QED) is 0.804. The van der Waals surface area contributed by atoms with E-state index in [1.165, 1.54) is 32.4 Å². The Morgan fingerprint density at radius 2 is 2.00 bits per heavy atom. The van der Waals surface area contributed by atoms with Crippen LogP contribution in [0.15, 0.2) is 12.4 Å². The van der Waals surface area contributed by atoms with Crippen molar-refractivity contribution in [2.75, 3.05) is 31.1 Å². The summed E-state index contributed by atoms with van der Waals surface area (Å²) in [6, 6.07) is 0.693. The Balaban J connectivity index is 1.67. The van der Waals surface area contributed by atoms with Gasteiger partial charge in [0.25, 0.3) is 0 Å². The maximum absolute atomic E-state index is 5.88. The third-order valence-corrected chi connectivity index (χ3v) is 3.92. The molecule has 3 rings (SSSR count). The summed E-state index contributed by atoms with van der Waals surface area (Å²) in [5.74, 6) is 0.916. The molecule has 4 nitrogen and oxygen atoms in total. The van der Waals surface area contributed by atoms with Crippen LogP contribution in [0.4, 0.5) is 5.82 Å². The summed E-state index contributed by atoms with van der Waals surface area (Å²) < 4.78 is 0. The molecule has 0 bridgehead atoms. The maximum Gasteiger partial charge on any atom is 0.149 e. The molecule has 0 spiro atoms. The predicted octanol–water partition coefficient (Wildman–Crippen LogP) is 1.80. The molecule has 0 unspecified atom stereocenters. The van der Waals surface area contributed by atoms with E-state index in [2.05, 4.69) is 19.8 Å². The lowest BCUT2D eigenvalue weighted by Crippen LogP contribution is -2.35. The van der Waals surface area contributed by atoms with Gasteiger partial charge in [-0.3, -0.25) is 9.88 Å². The van der Waals surface area contributed by atoms with Gasteiger partial charge in [-0.15, -0.1) is 0 Å².